The molecule has 0 radical (unpaired) electrons. The van der Waals surface area contributed by atoms with Gasteiger partial charge in [-0.1, -0.05) is 13.8 Å². The van der Waals surface area contributed by atoms with Gasteiger partial charge in [0.15, 0.2) is 0 Å². The van der Waals surface area contributed by atoms with E-state index < -0.39 is 0 Å². The first-order chi connectivity index (χ1) is 6.76. The average Bonchev–Trinajstić information content (AvgIpc) is 2.86. The Morgan fingerprint density at radius 3 is 2.07 bits per heavy atom. The minimum Gasteiger partial charge on any atom is -0.396 e. The molecule has 84 valence electrons. The lowest BCUT2D eigenvalue weighted by atomic mass is 10.0. The molecule has 1 saturated carbocycles. The topological polar surface area (TPSA) is 23.5 Å². The van der Waals surface area contributed by atoms with Crippen LogP contribution >= 0.6 is 0 Å². The zero-order valence-corrected chi connectivity index (χ0v) is 9.76. The molecule has 0 saturated heterocycles. The molecule has 0 aliphatic heterocycles. The molecule has 0 atom stereocenters. The largest absolute Gasteiger partial charge is 0.396 e. The SMILES string of the molecule is CCCN(CCC)CC1(CCO)CC1. The Hall–Kier alpha value is -0.0800. The monoisotopic (exact) mass is 199 g/mol. The van der Waals surface area contributed by atoms with Gasteiger partial charge in [-0.05, 0) is 50.6 Å². The van der Waals surface area contributed by atoms with Crippen LogP contribution in [0.15, 0.2) is 0 Å². The van der Waals surface area contributed by atoms with Crippen LogP contribution in [0.5, 0.6) is 0 Å². The molecule has 0 aromatic carbocycles. The van der Waals surface area contributed by atoms with Crippen molar-refractivity contribution in [3.63, 3.8) is 0 Å². The van der Waals surface area contributed by atoms with Crippen LogP contribution in [-0.4, -0.2) is 36.2 Å². The Morgan fingerprint density at radius 2 is 1.71 bits per heavy atom. The van der Waals surface area contributed by atoms with Crippen LogP contribution < -0.4 is 0 Å². The Balaban J connectivity index is 2.30. The van der Waals surface area contributed by atoms with Crippen molar-refractivity contribution >= 4 is 0 Å². The van der Waals surface area contributed by atoms with Crippen LogP contribution in [0.25, 0.3) is 0 Å². The number of rotatable bonds is 8. The maximum atomic E-state index is 9.00. The fraction of sp³-hybridized carbons (Fsp3) is 1.00. The molecule has 1 rings (SSSR count). The second-order valence-corrected chi connectivity index (χ2v) is 4.75. The minimum atomic E-state index is 0.367. The van der Waals surface area contributed by atoms with E-state index in [1.54, 1.807) is 0 Å². The van der Waals surface area contributed by atoms with Gasteiger partial charge >= 0.3 is 0 Å². The second-order valence-electron chi connectivity index (χ2n) is 4.75. The van der Waals surface area contributed by atoms with Gasteiger partial charge in [-0.25, -0.2) is 0 Å². The number of aliphatic hydroxyl groups is 1. The third kappa shape index (κ3) is 3.58. The van der Waals surface area contributed by atoms with E-state index in [0.29, 0.717) is 12.0 Å². The van der Waals surface area contributed by atoms with Crippen molar-refractivity contribution in [2.45, 2.75) is 46.0 Å². The van der Waals surface area contributed by atoms with Gasteiger partial charge in [-0.2, -0.15) is 0 Å². The summed E-state index contributed by atoms with van der Waals surface area (Å²) in [6.07, 6.45) is 6.16. The van der Waals surface area contributed by atoms with Crippen LogP contribution in [0.4, 0.5) is 0 Å². The van der Waals surface area contributed by atoms with Gasteiger partial charge in [-0.3, -0.25) is 0 Å². The molecule has 0 aromatic rings. The van der Waals surface area contributed by atoms with Crippen LogP contribution in [0.1, 0.15) is 46.0 Å². The average molecular weight is 199 g/mol. The zero-order valence-electron chi connectivity index (χ0n) is 9.76. The van der Waals surface area contributed by atoms with E-state index in [2.05, 4.69) is 18.7 Å². The van der Waals surface area contributed by atoms with Crippen molar-refractivity contribution in [2.24, 2.45) is 5.41 Å². The molecule has 1 fully saturated rings. The molecule has 14 heavy (non-hydrogen) atoms. The Kier molecular flexibility index (Phi) is 4.90. The fourth-order valence-electron chi connectivity index (χ4n) is 2.28. The van der Waals surface area contributed by atoms with Gasteiger partial charge in [-0.15, -0.1) is 0 Å². The van der Waals surface area contributed by atoms with Gasteiger partial charge in [0.05, 0.1) is 0 Å². The van der Waals surface area contributed by atoms with E-state index in [0.717, 1.165) is 6.42 Å². The van der Waals surface area contributed by atoms with E-state index in [4.69, 9.17) is 5.11 Å². The second kappa shape index (κ2) is 5.72. The van der Waals surface area contributed by atoms with Crippen molar-refractivity contribution in [1.29, 1.82) is 0 Å². The summed E-state index contributed by atoms with van der Waals surface area (Å²) in [5.74, 6) is 0. The maximum Gasteiger partial charge on any atom is 0.0436 e. The first kappa shape index (κ1) is 12.0. The van der Waals surface area contributed by atoms with E-state index >= 15 is 0 Å². The molecular formula is C12H25NO. The number of hydrogen-bond acceptors (Lipinski definition) is 2. The lowest BCUT2D eigenvalue weighted by Gasteiger charge is -2.26. The van der Waals surface area contributed by atoms with E-state index in [1.807, 2.05) is 0 Å². The molecular weight excluding hydrogens is 174 g/mol. The van der Waals surface area contributed by atoms with Crippen molar-refractivity contribution in [2.75, 3.05) is 26.2 Å². The van der Waals surface area contributed by atoms with Crippen LogP contribution in [0.3, 0.4) is 0 Å². The minimum absolute atomic E-state index is 0.367. The van der Waals surface area contributed by atoms with Crippen LogP contribution in [0.2, 0.25) is 0 Å². The summed E-state index contributed by atoms with van der Waals surface area (Å²) >= 11 is 0. The predicted octanol–water partition coefficient (Wildman–Crippen LogP) is 2.27. The first-order valence-corrected chi connectivity index (χ1v) is 6.09. The number of hydrogen-bond donors (Lipinski definition) is 1. The van der Waals surface area contributed by atoms with Crippen molar-refractivity contribution in [3.05, 3.63) is 0 Å². The zero-order chi connectivity index (χ0) is 10.4. The summed E-state index contributed by atoms with van der Waals surface area (Å²) in [6, 6.07) is 0. The van der Waals surface area contributed by atoms with Crippen LogP contribution in [0, 0.1) is 5.41 Å². The van der Waals surface area contributed by atoms with Gasteiger partial charge in [0.1, 0.15) is 0 Å². The Labute approximate surface area is 88.3 Å². The molecule has 0 amide bonds. The Morgan fingerprint density at radius 1 is 1.14 bits per heavy atom. The van der Waals surface area contributed by atoms with E-state index in [1.165, 1.54) is 45.3 Å². The van der Waals surface area contributed by atoms with Gasteiger partial charge < -0.3 is 10.0 Å². The highest BCUT2D eigenvalue weighted by atomic mass is 16.3. The summed E-state index contributed by atoms with van der Waals surface area (Å²) in [4.78, 5) is 2.57. The van der Waals surface area contributed by atoms with Crippen molar-refractivity contribution in [1.82, 2.24) is 4.90 Å². The molecule has 1 aliphatic rings. The molecule has 0 unspecified atom stereocenters. The number of nitrogens with zero attached hydrogens (tertiary/aromatic N) is 1. The maximum absolute atomic E-state index is 9.00. The lowest BCUT2D eigenvalue weighted by Crippen LogP contribution is -2.32. The highest BCUT2D eigenvalue weighted by Gasteiger charge is 2.42. The molecule has 1 aliphatic carbocycles. The normalized spacial score (nSPS) is 18.9. The van der Waals surface area contributed by atoms with Crippen LogP contribution in [-0.2, 0) is 0 Å². The smallest absolute Gasteiger partial charge is 0.0436 e. The molecule has 0 aromatic heterocycles. The Bertz CT molecular complexity index is 148. The highest BCUT2D eigenvalue weighted by molar-refractivity contribution is 4.95. The summed E-state index contributed by atoms with van der Waals surface area (Å²) < 4.78 is 0. The fourth-order valence-corrected chi connectivity index (χ4v) is 2.28. The summed E-state index contributed by atoms with van der Waals surface area (Å²) in [5, 5.41) is 9.00. The molecule has 2 heteroatoms. The number of aliphatic hydroxyl groups excluding tert-OH is 1. The van der Waals surface area contributed by atoms with E-state index in [9.17, 15) is 0 Å². The summed E-state index contributed by atoms with van der Waals surface area (Å²) in [7, 11) is 0. The lowest BCUT2D eigenvalue weighted by molar-refractivity contribution is 0.181. The molecule has 0 heterocycles. The van der Waals surface area contributed by atoms with E-state index in [-0.39, 0.29) is 0 Å². The van der Waals surface area contributed by atoms with Gasteiger partial charge in [0.25, 0.3) is 0 Å². The van der Waals surface area contributed by atoms with Crippen molar-refractivity contribution < 1.29 is 5.11 Å². The molecule has 0 spiro atoms. The third-order valence-corrected chi connectivity index (χ3v) is 3.24. The first-order valence-electron chi connectivity index (χ1n) is 6.09. The summed E-state index contributed by atoms with van der Waals surface area (Å²) in [6.45, 7) is 8.52. The third-order valence-electron chi connectivity index (χ3n) is 3.24. The standard InChI is InChI=1S/C12H25NO/c1-3-8-13(9-4-2)11-12(5-6-12)7-10-14/h14H,3-11H2,1-2H3. The van der Waals surface area contributed by atoms with Crippen molar-refractivity contribution in [3.8, 4) is 0 Å². The van der Waals surface area contributed by atoms with Gasteiger partial charge in [0, 0.05) is 13.2 Å². The highest BCUT2D eigenvalue weighted by Crippen LogP contribution is 2.49. The summed E-state index contributed by atoms with van der Waals surface area (Å²) in [5.41, 5.74) is 0.499. The van der Waals surface area contributed by atoms with Gasteiger partial charge in [0.2, 0.25) is 0 Å². The molecule has 0 bridgehead atoms. The quantitative estimate of drug-likeness (QED) is 0.648. The molecule has 1 N–H and O–H groups in total. The molecule has 2 nitrogen and oxygen atoms in total. The predicted molar refractivity (Wildman–Crippen MR) is 60.4 cm³/mol.